The van der Waals surface area contributed by atoms with E-state index in [2.05, 4.69) is 57.4 Å². The number of imidazole rings is 1. The summed E-state index contributed by atoms with van der Waals surface area (Å²) in [6.45, 7) is 3.56. The predicted molar refractivity (Wildman–Crippen MR) is 196 cm³/mol. The number of rotatable bonds is 12. The van der Waals surface area contributed by atoms with Crippen molar-refractivity contribution < 1.29 is 23.9 Å². The van der Waals surface area contributed by atoms with E-state index in [4.69, 9.17) is 11.5 Å². The Morgan fingerprint density at radius 2 is 0.980 bits per heavy atom. The number of hydrogen-bond acceptors (Lipinski definition) is 8. The van der Waals surface area contributed by atoms with E-state index in [0.717, 1.165) is 71.9 Å². The first-order valence-corrected chi connectivity index (χ1v) is 16.8. The summed E-state index contributed by atoms with van der Waals surface area (Å²) in [5.74, 6) is -0.00530. The van der Waals surface area contributed by atoms with E-state index in [9.17, 15) is 10.2 Å². The number of nitrogens with zero attached hydrogens (tertiary/aromatic N) is 8. The molecule has 0 bridgehead atoms. The third-order valence-electron chi connectivity index (χ3n) is 8.79. The number of fused-ring (bicyclic) bond motifs is 2. The maximum atomic E-state index is 10.2. The highest BCUT2D eigenvalue weighted by Gasteiger charge is 2.11. The third kappa shape index (κ3) is 7.65. The molecule has 0 aliphatic rings. The number of phenolic OH excluding ortho intramolecular Hbond substituents is 2. The van der Waals surface area contributed by atoms with Crippen LogP contribution in [0.2, 0.25) is 0 Å². The minimum atomic E-state index is -0.00265. The zero-order valence-corrected chi connectivity index (χ0v) is 28.0. The molecule has 0 unspecified atom stereocenters. The standard InChI is InChI=1S/C39H36N10O2/c40-38-32-9-3-1-7-30(32)34(25-36(38)50)44-42-28-11-19-46(20-12-28)15-5-17-48-23-24-49(27-48)18-6-16-47-21-13-29(14-22-47)43-45-35-26-37(51)39(41)33-10-4-2-8-31(33)35/h1-4,7-14,19-27,40-41H,5-6,15-18H2,(H-,44,45,50,51)/p+3. The van der Waals surface area contributed by atoms with Crippen LogP contribution >= 0.6 is 0 Å². The van der Waals surface area contributed by atoms with Gasteiger partial charge in [0.05, 0.1) is 47.2 Å². The summed E-state index contributed by atoms with van der Waals surface area (Å²) < 4.78 is 8.70. The Balaban J connectivity index is 0.857. The van der Waals surface area contributed by atoms with Crippen LogP contribution in [0.1, 0.15) is 12.8 Å². The van der Waals surface area contributed by atoms with Crippen LogP contribution in [0, 0.1) is 0 Å². The number of nitrogens with two attached hydrogens (primary N) is 2. The van der Waals surface area contributed by atoms with Gasteiger partial charge >= 0.3 is 0 Å². The van der Waals surface area contributed by atoms with Crippen LogP contribution in [0.3, 0.4) is 0 Å². The summed E-state index contributed by atoms with van der Waals surface area (Å²) in [6, 6.07) is 25.9. The van der Waals surface area contributed by atoms with Gasteiger partial charge in [0.2, 0.25) is 6.33 Å². The number of anilines is 2. The van der Waals surface area contributed by atoms with Crippen molar-refractivity contribution in [1.82, 2.24) is 4.57 Å². The zero-order valence-electron chi connectivity index (χ0n) is 28.0. The van der Waals surface area contributed by atoms with Gasteiger partial charge in [-0.3, -0.25) is 0 Å². The van der Waals surface area contributed by atoms with Gasteiger partial charge in [0.25, 0.3) is 0 Å². The molecule has 51 heavy (non-hydrogen) atoms. The molecule has 12 nitrogen and oxygen atoms in total. The topological polar surface area (TPSA) is 159 Å². The van der Waals surface area contributed by atoms with Crippen molar-refractivity contribution in [1.29, 1.82) is 0 Å². The summed E-state index contributed by atoms with van der Waals surface area (Å²) >= 11 is 0. The van der Waals surface area contributed by atoms with Crippen LogP contribution < -0.4 is 25.2 Å². The average molecular weight is 680 g/mol. The number of phenols is 2. The first-order chi connectivity index (χ1) is 24.9. The number of benzene rings is 4. The van der Waals surface area contributed by atoms with Gasteiger partial charge in [0, 0.05) is 70.8 Å². The average Bonchev–Trinajstić information content (AvgIpc) is 3.62. The molecule has 0 aliphatic heterocycles. The SMILES string of the molecule is Nc1c(O)cc(/N=N\c2cc[n+](CCCn3cc[n+](CCC[n+]4ccc(/N=N\c5cc(O)c(N)c6ccccc56)cc4)c3)cc2)c2ccccc12. The fourth-order valence-corrected chi connectivity index (χ4v) is 6.02. The monoisotopic (exact) mass is 679 g/mol. The molecule has 0 saturated carbocycles. The van der Waals surface area contributed by atoms with E-state index >= 15 is 0 Å². The molecular formula is C39H39N10O2+3. The number of hydrogen-bond donors (Lipinski definition) is 4. The fraction of sp³-hybridized carbons (Fsp3) is 0.154. The van der Waals surface area contributed by atoms with Crippen molar-refractivity contribution in [3.63, 3.8) is 0 Å². The third-order valence-corrected chi connectivity index (χ3v) is 8.79. The lowest BCUT2D eigenvalue weighted by Gasteiger charge is -2.06. The van der Waals surface area contributed by atoms with Crippen LogP contribution in [-0.4, -0.2) is 14.8 Å². The van der Waals surface area contributed by atoms with Crippen molar-refractivity contribution in [2.24, 2.45) is 20.5 Å². The van der Waals surface area contributed by atoms with E-state index in [-0.39, 0.29) is 11.5 Å². The van der Waals surface area contributed by atoms with Crippen LogP contribution in [0.15, 0.2) is 149 Å². The highest BCUT2D eigenvalue weighted by molar-refractivity contribution is 6.03. The van der Waals surface area contributed by atoms with Crippen LogP contribution in [-0.2, 0) is 26.2 Å². The van der Waals surface area contributed by atoms with E-state index in [1.807, 2.05) is 97.6 Å². The molecule has 6 N–H and O–H groups in total. The maximum Gasteiger partial charge on any atom is 0.243 e. The van der Waals surface area contributed by atoms with Crippen molar-refractivity contribution in [3.05, 3.63) is 128 Å². The largest absolute Gasteiger partial charge is 0.506 e. The lowest BCUT2D eigenvalue weighted by Crippen LogP contribution is -2.37. The van der Waals surface area contributed by atoms with E-state index in [0.29, 0.717) is 22.7 Å². The molecule has 0 spiro atoms. The van der Waals surface area contributed by atoms with Crippen molar-refractivity contribution >= 4 is 55.7 Å². The van der Waals surface area contributed by atoms with Gasteiger partial charge < -0.3 is 21.7 Å². The van der Waals surface area contributed by atoms with Crippen LogP contribution in [0.5, 0.6) is 11.5 Å². The zero-order chi connectivity index (χ0) is 35.2. The van der Waals surface area contributed by atoms with Gasteiger partial charge in [0.1, 0.15) is 23.9 Å². The Morgan fingerprint density at radius 3 is 1.49 bits per heavy atom. The molecule has 3 aromatic heterocycles. The second-order valence-electron chi connectivity index (χ2n) is 12.3. The Bertz CT molecular complexity index is 2200. The molecule has 254 valence electrons. The number of aromatic nitrogens is 4. The van der Waals surface area contributed by atoms with Gasteiger partial charge in [-0.25, -0.2) is 18.3 Å². The van der Waals surface area contributed by atoms with Gasteiger partial charge in [-0.1, -0.05) is 48.5 Å². The molecule has 7 rings (SSSR count). The molecule has 0 radical (unpaired) electrons. The quantitative estimate of drug-likeness (QED) is 0.0464. The predicted octanol–water partition coefficient (Wildman–Crippen LogP) is 7.24. The molecule has 3 heterocycles. The first kappa shape index (κ1) is 32.8. The molecule has 12 heteroatoms. The van der Waals surface area contributed by atoms with Gasteiger partial charge in [-0.05, 0) is 0 Å². The van der Waals surface area contributed by atoms with E-state index < -0.39 is 0 Å². The fourth-order valence-electron chi connectivity index (χ4n) is 6.02. The molecule has 0 aliphatic carbocycles. The Hall–Kier alpha value is -6.69. The summed E-state index contributed by atoms with van der Waals surface area (Å²) in [7, 11) is 0. The van der Waals surface area contributed by atoms with E-state index in [1.165, 1.54) is 0 Å². The minimum absolute atomic E-state index is 0.00265. The Kier molecular flexibility index (Phi) is 9.55. The maximum absolute atomic E-state index is 10.2. The molecular weight excluding hydrogens is 640 g/mol. The van der Waals surface area contributed by atoms with Crippen molar-refractivity contribution in [2.75, 3.05) is 11.5 Å². The highest BCUT2D eigenvalue weighted by atomic mass is 16.3. The summed E-state index contributed by atoms with van der Waals surface area (Å²) in [4.78, 5) is 0. The van der Waals surface area contributed by atoms with E-state index in [1.54, 1.807) is 12.1 Å². The number of pyridine rings is 2. The van der Waals surface area contributed by atoms with Gasteiger partial charge in [0.15, 0.2) is 37.9 Å². The molecule has 4 aromatic carbocycles. The summed E-state index contributed by atoms with van der Waals surface area (Å²) in [5, 5.41) is 41.1. The smallest absolute Gasteiger partial charge is 0.243 e. The molecule has 0 saturated heterocycles. The molecule has 7 aromatic rings. The normalized spacial score (nSPS) is 11.8. The second-order valence-corrected chi connectivity index (χ2v) is 12.3. The van der Waals surface area contributed by atoms with Crippen LogP contribution in [0.4, 0.5) is 34.1 Å². The molecule has 0 amide bonds. The highest BCUT2D eigenvalue weighted by Crippen LogP contribution is 2.39. The van der Waals surface area contributed by atoms with Crippen molar-refractivity contribution in [3.8, 4) is 11.5 Å². The summed E-state index contributed by atoms with van der Waals surface area (Å²) in [6.07, 6.45) is 16.4. The van der Waals surface area contributed by atoms with Crippen molar-refractivity contribution in [2.45, 2.75) is 39.0 Å². The Labute approximate surface area is 294 Å². The lowest BCUT2D eigenvalue weighted by atomic mass is 10.1. The molecule has 0 atom stereocenters. The molecule has 0 fully saturated rings. The number of aryl methyl sites for hydroxylation is 4. The number of aromatic hydroxyl groups is 2. The van der Waals surface area contributed by atoms with Crippen LogP contribution in [0.25, 0.3) is 21.5 Å². The van der Waals surface area contributed by atoms with Gasteiger partial charge in [-0.15, -0.1) is 10.2 Å². The Morgan fingerprint density at radius 1 is 0.529 bits per heavy atom. The second kappa shape index (κ2) is 14.8. The minimum Gasteiger partial charge on any atom is -0.506 e. The first-order valence-electron chi connectivity index (χ1n) is 16.8. The summed E-state index contributed by atoms with van der Waals surface area (Å²) in [5.41, 5.74) is 15.3. The number of nitrogen functional groups attached to an aromatic ring is 2. The lowest BCUT2D eigenvalue weighted by molar-refractivity contribution is -0.726. The van der Waals surface area contributed by atoms with Gasteiger partial charge in [-0.2, -0.15) is 10.2 Å². The number of azo groups is 2.